The van der Waals surface area contributed by atoms with Gasteiger partial charge in [-0.1, -0.05) is 13.0 Å². The second-order valence-electron chi connectivity index (χ2n) is 10.8. The SMILES string of the molecule is CC[C@H]1c2c(c(OC(C)=O)c(C)c3c2OCO3)C[C@H]2[C@H]3c4c(cc(C)c(OC)c4O)C[C@H]([C@H](C#N)N12)N3C. The van der Waals surface area contributed by atoms with Crippen molar-refractivity contribution in [2.24, 2.45) is 0 Å². The Balaban J connectivity index is 1.62. The van der Waals surface area contributed by atoms with Gasteiger partial charge in [0.25, 0.3) is 0 Å². The van der Waals surface area contributed by atoms with E-state index in [4.69, 9.17) is 18.9 Å². The molecule has 1 saturated heterocycles. The van der Waals surface area contributed by atoms with Gasteiger partial charge in [-0.15, -0.1) is 0 Å². The molecule has 1 fully saturated rings. The minimum atomic E-state index is -0.402. The first kappa shape index (κ1) is 24.8. The summed E-state index contributed by atoms with van der Waals surface area (Å²) in [6.07, 6.45) is 1.88. The Labute approximate surface area is 222 Å². The van der Waals surface area contributed by atoms with E-state index in [2.05, 4.69) is 28.9 Å². The van der Waals surface area contributed by atoms with Crippen LogP contribution < -0.4 is 18.9 Å². The van der Waals surface area contributed by atoms with Gasteiger partial charge in [-0.3, -0.25) is 14.6 Å². The average molecular weight is 520 g/mol. The highest BCUT2D eigenvalue weighted by Gasteiger charge is 2.56. The van der Waals surface area contributed by atoms with Crippen LogP contribution in [0.2, 0.25) is 0 Å². The number of ether oxygens (including phenoxy) is 4. The molecule has 0 aliphatic carbocycles. The van der Waals surface area contributed by atoms with Crippen LogP contribution in [-0.2, 0) is 17.6 Å². The zero-order valence-electron chi connectivity index (χ0n) is 22.6. The van der Waals surface area contributed by atoms with Gasteiger partial charge in [0, 0.05) is 47.3 Å². The number of likely N-dealkylation sites (N-methyl/N-ethyl adjacent to an activating group) is 1. The molecule has 9 heteroatoms. The quantitative estimate of drug-likeness (QED) is 0.478. The van der Waals surface area contributed by atoms with Crippen molar-refractivity contribution in [1.29, 1.82) is 5.26 Å². The van der Waals surface area contributed by atoms with E-state index in [1.807, 2.05) is 20.9 Å². The summed E-state index contributed by atoms with van der Waals surface area (Å²) < 4.78 is 23.3. The van der Waals surface area contributed by atoms with Gasteiger partial charge in [0.1, 0.15) is 11.8 Å². The molecule has 2 bridgehead atoms. The van der Waals surface area contributed by atoms with Crippen LogP contribution in [0.25, 0.3) is 0 Å². The smallest absolute Gasteiger partial charge is 0.308 e. The van der Waals surface area contributed by atoms with Crippen LogP contribution >= 0.6 is 0 Å². The van der Waals surface area contributed by atoms with Crippen molar-refractivity contribution in [3.63, 3.8) is 0 Å². The fourth-order valence-corrected chi connectivity index (χ4v) is 7.52. The Morgan fingerprint density at radius 3 is 2.58 bits per heavy atom. The number of hydrogen-bond acceptors (Lipinski definition) is 9. The summed E-state index contributed by atoms with van der Waals surface area (Å²) in [4.78, 5) is 16.8. The third kappa shape index (κ3) is 3.20. The van der Waals surface area contributed by atoms with Crippen LogP contribution in [0, 0.1) is 25.2 Å². The summed E-state index contributed by atoms with van der Waals surface area (Å²) in [5.41, 5.74) is 5.35. The maximum absolute atomic E-state index is 12.2. The minimum Gasteiger partial charge on any atom is -0.504 e. The summed E-state index contributed by atoms with van der Waals surface area (Å²) in [7, 11) is 3.61. The molecular weight excluding hydrogens is 486 g/mol. The number of nitrogens with zero attached hydrogens (tertiary/aromatic N) is 3. The lowest BCUT2D eigenvalue weighted by Gasteiger charge is -2.60. The van der Waals surface area contributed by atoms with Crippen molar-refractivity contribution in [3.8, 4) is 34.8 Å². The number of esters is 1. The average Bonchev–Trinajstić information content (AvgIpc) is 3.36. The second kappa shape index (κ2) is 8.79. The first-order chi connectivity index (χ1) is 18.2. The Hall–Kier alpha value is -3.48. The van der Waals surface area contributed by atoms with E-state index in [0.717, 1.165) is 39.8 Å². The zero-order chi connectivity index (χ0) is 27.0. The molecule has 9 nitrogen and oxygen atoms in total. The monoisotopic (exact) mass is 519 g/mol. The lowest BCUT2D eigenvalue weighted by molar-refractivity contribution is -0.132. The molecule has 0 radical (unpaired) electrons. The van der Waals surface area contributed by atoms with E-state index < -0.39 is 5.97 Å². The molecule has 38 heavy (non-hydrogen) atoms. The molecule has 4 aliphatic heterocycles. The van der Waals surface area contributed by atoms with E-state index >= 15 is 0 Å². The lowest BCUT2D eigenvalue weighted by atomic mass is 9.71. The largest absolute Gasteiger partial charge is 0.504 e. The number of carbonyl (C=O) groups excluding carboxylic acids is 1. The van der Waals surface area contributed by atoms with Gasteiger partial charge in [-0.25, -0.2) is 0 Å². The van der Waals surface area contributed by atoms with Crippen molar-refractivity contribution in [3.05, 3.63) is 39.4 Å². The molecule has 0 spiro atoms. The van der Waals surface area contributed by atoms with Crippen LogP contribution in [0.4, 0.5) is 0 Å². The Kier molecular flexibility index (Phi) is 5.74. The van der Waals surface area contributed by atoms with E-state index in [0.29, 0.717) is 35.8 Å². The maximum Gasteiger partial charge on any atom is 0.308 e. The number of fused-ring (bicyclic) bond motifs is 9. The highest BCUT2D eigenvalue weighted by molar-refractivity contribution is 5.74. The van der Waals surface area contributed by atoms with Crippen LogP contribution in [0.5, 0.6) is 28.7 Å². The van der Waals surface area contributed by atoms with Gasteiger partial charge >= 0.3 is 5.97 Å². The van der Waals surface area contributed by atoms with Crippen molar-refractivity contribution in [2.75, 3.05) is 21.0 Å². The Morgan fingerprint density at radius 1 is 1.18 bits per heavy atom. The number of aryl methyl sites for hydroxylation is 1. The van der Waals surface area contributed by atoms with Crippen LogP contribution in [0.1, 0.15) is 65.7 Å². The summed E-state index contributed by atoms with van der Waals surface area (Å²) in [5, 5.41) is 22.0. The van der Waals surface area contributed by atoms with Crippen molar-refractivity contribution in [1.82, 2.24) is 9.80 Å². The standard InChI is InChI=1S/C29H33N3O6/c1-7-18-23-17(27(38-15(4)33)14(3)28-29(23)37-12-36-28)10-20-24-22-16(8-13(2)26(35-6)25(22)34)9-19(31(24)5)21(11-30)32(18)20/h8,18-21,24,34H,7,9-10,12H2,1-6H3/t18-,19+,20-,21-,24-/m0/s1. The predicted molar refractivity (Wildman–Crippen MR) is 138 cm³/mol. The van der Waals surface area contributed by atoms with Crippen molar-refractivity contribution in [2.45, 2.75) is 77.2 Å². The summed E-state index contributed by atoms with van der Waals surface area (Å²) in [6.45, 7) is 7.42. The molecule has 2 aromatic carbocycles. The third-order valence-electron chi connectivity index (χ3n) is 8.90. The van der Waals surface area contributed by atoms with Gasteiger partial charge in [-0.2, -0.15) is 5.26 Å². The van der Waals surface area contributed by atoms with E-state index in [1.165, 1.54) is 6.92 Å². The predicted octanol–water partition coefficient (Wildman–Crippen LogP) is 3.85. The molecule has 2 aromatic rings. The number of benzene rings is 2. The first-order valence-electron chi connectivity index (χ1n) is 13.1. The topological polar surface area (TPSA) is 104 Å². The fourth-order valence-electron chi connectivity index (χ4n) is 7.52. The number of nitriles is 1. The van der Waals surface area contributed by atoms with Crippen LogP contribution in [0.3, 0.4) is 0 Å². The van der Waals surface area contributed by atoms with Gasteiger partial charge in [0.05, 0.1) is 19.2 Å². The van der Waals surface area contributed by atoms with Crippen LogP contribution in [0.15, 0.2) is 6.07 Å². The fraction of sp³-hybridized carbons (Fsp3) is 0.517. The zero-order valence-corrected chi connectivity index (χ0v) is 22.6. The van der Waals surface area contributed by atoms with E-state index in [9.17, 15) is 15.2 Å². The number of aromatic hydroxyl groups is 1. The number of hydrogen-bond donors (Lipinski definition) is 1. The Morgan fingerprint density at radius 2 is 1.92 bits per heavy atom. The van der Waals surface area contributed by atoms with Gasteiger partial charge in [0.15, 0.2) is 23.0 Å². The third-order valence-corrected chi connectivity index (χ3v) is 8.90. The summed E-state index contributed by atoms with van der Waals surface area (Å²) in [5.74, 6) is 2.03. The molecule has 6 rings (SSSR count). The van der Waals surface area contributed by atoms with Gasteiger partial charge in [-0.05, 0) is 51.3 Å². The maximum atomic E-state index is 12.2. The summed E-state index contributed by atoms with van der Waals surface area (Å²) >= 11 is 0. The van der Waals surface area contributed by atoms with E-state index in [1.54, 1.807) is 7.11 Å². The molecule has 5 atom stereocenters. The number of methoxy groups -OCH3 is 1. The molecule has 0 unspecified atom stereocenters. The van der Waals surface area contributed by atoms with E-state index in [-0.39, 0.29) is 42.8 Å². The van der Waals surface area contributed by atoms with Crippen LogP contribution in [-0.4, -0.2) is 60.0 Å². The molecule has 4 heterocycles. The molecular formula is C29H33N3O6. The van der Waals surface area contributed by atoms with Crippen molar-refractivity contribution >= 4 is 5.97 Å². The first-order valence-corrected chi connectivity index (χ1v) is 13.1. The number of piperazine rings is 1. The molecule has 1 N–H and O–H groups in total. The number of rotatable bonds is 3. The molecule has 4 aliphatic rings. The highest BCUT2D eigenvalue weighted by atomic mass is 16.7. The highest BCUT2D eigenvalue weighted by Crippen LogP contribution is 2.58. The minimum absolute atomic E-state index is 0.0554. The summed E-state index contributed by atoms with van der Waals surface area (Å²) in [6, 6.07) is 3.77. The van der Waals surface area contributed by atoms with Crippen molar-refractivity contribution < 1.29 is 28.8 Å². The molecule has 200 valence electrons. The second-order valence-corrected chi connectivity index (χ2v) is 10.8. The van der Waals surface area contributed by atoms with Gasteiger partial charge in [0.2, 0.25) is 6.79 Å². The number of carbonyl (C=O) groups is 1. The van der Waals surface area contributed by atoms with Gasteiger partial charge < -0.3 is 24.1 Å². The molecule has 0 aromatic heterocycles. The normalized spacial score (nSPS) is 27.1. The Bertz CT molecular complexity index is 1400. The lowest BCUT2D eigenvalue weighted by Crippen LogP contribution is -2.68. The number of phenols is 1. The molecule has 0 amide bonds. The number of phenolic OH excluding ortho intramolecular Hbond substituents is 1. The molecule has 0 saturated carbocycles.